The molecule has 33 heavy (non-hydrogen) atoms. The number of hydrogen-bond acceptors (Lipinski definition) is 6. The van der Waals surface area contributed by atoms with Crippen molar-refractivity contribution in [3.8, 4) is 0 Å². The van der Waals surface area contributed by atoms with E-state index >= 15 is 0 Å². The maximum atomic E-state index is 13.3. The number of piperidine rings is 1. The van der Waals surface area contributed by atoms with Crippen LogP contribution in [-0.4, -0.2) is 43.5 Å². The Labute approximate surface area is 198 Å². The van der Waals surface area contributed by atoms with Gasteiger partial charge in [-0.15, -0.1) is 11.3 Å². The summed E-state index contributed by atoms with van der Waals surface area (Å²) in [4.78, 5) is 40.3. The Morgan fingerprint density at radius 3 is 2.58 bits per heavy atom. The molecule has 1 saturated heterocycles. The highest BCUT2D eigenvalue weighted by atomic mass is 32.1. The predicted octanol–water partition coefficient (Wildman–Crippen LogP) is 4.18. The summed E-state index contributed by atoms with van der Waals surface area (Å²) < 4.78 is 5.28. The topological polar surface area (TPSA) is 96.5 Å². The molecule has 8 heteroatoms. The summed E-state index contributed by atoms with van der Waals surface area (Å²) in [5.74, 6) is -0.443. The van der Waals surface area contributed by atoms with Gasteiger partial charge in [-0.3, -0.25) is 10.1 Å². The summed E-state index contributed by atoms with van der Waals surface area (Å²) in [6.45, 7) is 3.68. The van der Waals surface area contributed by atoms with E-state index in [0.29, 0.717) is 16.1 Å². The first kappa shape index (κ1) is 23.4. The molecule has 1 aliphatic carbocycles. The van der Waals surface area contributed by atoms with Crippen molar-refractivity contribution in [3.63, 3.8) is 0 Å². The molecule has 1 aliphatic heterocycles. The van der Waals surface area contributed by atoms with Gasteiger partial charge in [0.05, 0.1) is 18.2 Å². The Bertz CT molecular complexity index is 999. The van der Waals surface area contributed by atoms with Crippen LogP contribution in [0.25, 0.3) is 0 Å². The van der Waals surface area contributed by atoms with Gasteiger partial charge in [0, 0.05) is 10.4 Å². The molecule has 0 spiro atoms. The third-order valence-electron chi connectivity index (χ3n) is 6.36. The molecular formula is C25H31N3O4S. The molecule has 176 valence electrons. The Hall–Kier alpha value is -2.71. The van der Waals surface area contributed by atoms with Gasteiger partial charge >= 0.3 is 12.0 Å². The SMILES string of the molecule is CCOC(=O)c1c(NC(=O)NC(C(=O)c2ccccc2)C2CCNCC2)sc2c1CCCC2. The molecule has 1 unspecified atom stereocenters. The molecule has 0 radical (unpaired) electrons. The van der Waals surface area contributed by atoms with Crippen LogP contribution in [0.3, 0.4) is 0 Å². The molecule has 2 aromatic rings. The van der Waals surface area contributed by atoms with Crippen molar-refractivity contribution in [2.24, 2.45) is 5.92 Å². The zero-order valence-electron chi connectivity index (χ0n) is 18.9. The second-order valence-corrected chi connectivity index (χ2v) is 9.63. The number of ether oxygens (including phenoxy) is 1. The zero-order valence-corrected chi connectivity index (χ0v) is 19.8. The number of nitrogens with one attached hydrogen (secondary N) is 3. The van der Waals surface area contributed by atoms with E-state index in [1.807, 2.05) is 18.2 Å². The highest BCUT2D eigenvalue weighted by Crippen LogP contribution is 2.38. The zero-order chi connectivity index (χ0) is 23.2. The van der Waals surface area contributed by atoms with Crippen molar-refractivity contribution >= 4 is 34.1 Å². The molecule has 2 heterocycles. The van der Waals surface area contributed by atoms with Gasteiger partial charge in [-0.05, 0) is 70.0 Å². The Kier molecular flexibility index (Phi) is 7.77. The number of aryl methyl sites for hydroxylation is 1. The normalized spacial score (nSPS) is 17.0. The van der Waals surface area contributed by atoms with Gasteiger partial charge in [-0.2, -0.15) is 0 Å². The average Bonchev–Trinajstić information content (AvgIpc) is 3.21. The van der Waals surface area contributed by atoms with Gasteiger partial charge in [0.15, 0.2) is 5.78 Å². The minimum atomic E-state index is -0.630. The number of carbonyl (C=O) groups excluding carboxylic acids is 3. The van der Waals surface area contributed by atoms with Crippen LogP contribution in [0.2, 0.25) is 0 Å². The molecule has 1 aromatic carbocycles. The number of benzene rings is 1. The molecular weight excluding hydrogens is 438 g/mol. The third kappa shape index (κ3) is 5.45. The van der Waals surface area contributed by atoms with E-state index in [-0.39, 0.29) is 18.3 Å². The monoisotopic (exact) mass is 469 g/mol. The lowest BCUT2D eigenvalue weighted by molar-refractivity contribution is 0.0526. The Morgan fingerprint density at radius 1 is 1.12 bits per heavy atom. The summed E-state index contributed by atoms with van der Waals surface area (Å²) in [6.07, 6.45) is 5.43. The minimum absolute atomic E-state index is 0.0470. The predicted molar refractivity (Wildman–Crippen MR) is 129 cm³/mol. The molecule has 3 N–H and O–H groups in total. The number of amides is 2. The number of Topliss-reactive ketones (excluding diaryl/α,β-unsaturated/α-hetero) is 1. The molecule has 7 nitrogen and oxygen atoms in total. The lowest BCUT2D eigenvalue weighted by Gasteiger charge is -2.30. The quantitative estimate of drug-likeness (QED) is 0.418. The van der Waals surface area contributed by atoms with Gasteiger partial charge in [-0.25, -0.2) is 9.59 Å². The fourth-order valence-corrected chi connectivity index (χ4v) is 5.98. The van der Waals surface area contributed by atoms with Crippen LogP contribution in [-0.2, 0) is 17.6 Å². The van der Waals surface area contributed by atoms with Gasteiger partial charge in [0.2, 0.25) is 0 Å². The highest BCUT2D eigenvalue weighted by Gasteiger charge is 2.33. The van der Waals surface area contributed by atoms with Gasteiger partial charge in [0.1, 0.15) is 5.00 Å². The fraction of sp³-hybridized carbons (Fsp3) is 0.480. The van der Waals surface area contributed by atoms with Crippen LogP contribution < -0.4 is 16.0 Å². The first-order valence-electron chi connectivity index (χ1n) is 11.8. The molecule has 2 aliphatic rings. The van der Waals surface area contributed by atoms with Gasteiger partial charge in [-0.1, -0.05) is 30.3 Å². The maximum Gasteiger partial charge on any atom is 0.341 e. The van der Waals surface area contributed by atoms with Crippen LogP contribution in [0.15, 0.2) is 30.3 Å². The Morgan fingerprint density at radius 2 is 1.85 bits per heavy atom. The van der Waals surface area contributed by atoms with Crippen LogP contribution in [0.4, 0.5) is 9.80 Å². The van der Waals surface area contributed by atoms with Crippen LogP contribution in [0.5, 0.6) is 0 Å². The number of rotatable bonds is 7. The Balaban J connectivity index is 1.56. The smallest absolute Gasteiger partial charge is 0.341 e. The van der Waals surface area contributed by atoms with E-state index in [9.17, 15) is 14.4 Å². The number of urea groups is 1. The molecule has 4 rings (SSSR count). The number of thiophene rings is 1. The summed E-state index contributed by atoms with van der Waals surface area (Å²) in [6, 6.07) is 7.99. The molecule has 0 bridgehead atoms. The van der Waals surface area contributed by atoms with Crippen molar-refractivity contribution in [1.29, 1.82) is 0 Å². The number of fused-ring (bicyclic) bond motifs is 1. The molecule has 1 aromatic heterocycles. The molecule has 2 amide bonds. The number of ketones is 1. The van der Waals surface area contributed by atoms with Crippen molar-refractivity contribution < 1.29 is 19.1 Å². The first-order chi connectivity index (χ1) is 16.1. The van der Waals surface area contributed by atoms with Gasteiger partial charge < -0.3 is 15.4 Å². The maximum absolute atomic E-state index is 13.3. The second kappa shape index (κ2) is 10.9. The van der Waals surface area contributed by atoms with Gasteiger partial charge in [0.25, 0.3) is 0 Å². The van der Waals surface area contributed by atoms with Crippen molar-refractivity contribution in [1.82, 2.24) is 10.6 Å². The highest BCUT2D eigenvalue weighted by molar-refractivity contribution is 7.17. The van der Waals surface area contributed by atoms with E-state index in [4.69, 9.17) is 4.74 Å². The van der Waals surface area contributed by atoms with Crippen molar-refractivity contribution in [2.45, 2.75) is 51.5 Å². The van der Waals surface area contributed by atoms with Crippen LogP contribution >= 0.6 is 11.3 Å². The van der Waals surface area contributed by atoms with E-state index in [2.05, 4.69) is 16.0 Å². The lowest BCUT2D eigenvalue weighted by atomic mass is 9.85. The average molecular weight is 470 g/mol. The first-order valence-corrected chi connectivity index (χ1v) is 12.6. The van der Waals surface area contributed by atoms with E-state index in [1.165, 1.54) is 11.3 Å². The van der Waals surface area contributed by atoms with E-state index in [0.717, 1.165) is 62.1 Å². The van der Waals surface area contributed by atoms with Crippen molar-refractivity contribution in [3.05, 3.63) is 51.9 Å². The van der Waals surface area contributed by atoms with E-state index < -0.39 is 18.0 Å². The summed E-state index contributed by atoms with van der Waals surface area (Å²) in [7, 11) is 0. The van der Waals surface area contributed by atoms with Crippen molar-refractivity contribution in [2.75, 3.05) is 25.0 Å². The second-order valence-electron chi connectivity index (χ2n) is 8.53. The molecule has 1 atom stereocenters. The van der Waals surface area contributed by atoms with Crippen LogP contribution in [0.1, 0.15) is 63.8 Å². The van der Waals surface area contributed by atoms with Crippen LogP contribution in [0, 0.1) is 5.92 Å². The number of carbonyl (C=O) groups is 3. The molecule has 1 fully saturated rings. The number of anilines is 1. The number of esters is 1. The lowest BCUT2D eigenvalue weighted by Crippen LogP contribution is -2.50. The summed E-state index contributed by atoms with van der Waals surface area (Å²) in [5.41, 5.74) is 2.05. The largest absolute Gasteiger partial charge is 0.462 e. The fourth-order valence-electron chi connectivity index (χ4n) is 4.71. The molecule has 0 saturated carbocycles. The summed E-state index contributed by atoms with van der Waals surface area (Å²) in [5, 5.41) is 9.64. The van der Waals surface area contributed by atoms with E-state index in [1.54, 1.807) is 19.1 Å². The standard InChI is InChI=1S/C25H31N3O4S/c1-2-32-24(30)20-18-10-6-7-11-19(18)33-23(20)28-25(31)27-21(16-12-14-26-15-13-16)22(29)17-8-4-3-5-9-17/h3-5,8-9,16,21,26H,2,6-7,10-15H2,1H3,(H2,27,28,31). The third-order valence-corrected chi connectivity index (χ3v) is 7.57. The minimum Gasteiger partial charge on any atom is -0.462 e. The number of hydrogen-bond donors (Lipinski definition) is 3. The summed E-state index contributed by atoms with van der Waals surface area (Å²) >= 11 is 1.44.